The number of nitrogens with zero attached hydrogens (tertiary/aromatic N) is 2. The summed E-state index contributed by atoms with van der Waals surface area (Å²) in [6.45, 7) is 5.73. The van der Waals surface area contributed by atoms with Gasteiger partial charge in [0.2, 0.25) is 11.8 Å². The third-order valence-electron chi connectivity index (χ3n) is 4.07. The number of hydrogen-bond donors (Lipinski definition) is 2. The molecule has 0 bridgehead atoms. The molecule has 1 atom stereocenters. The summed E-state index contributed by atoms with van der Waals surface area (Å²) < 4.78 is 1.39. The molecular formula is C17H20N4O3. The molecule has 1 unspecified atom stereocenters. The Hall–Kier alpha value is -2.70. The Labute approximate surface area is 139 Å². The fraction of sp³-hybridized carbons (Fsp3) is 0.412. The number of benzene rings is 1. The lowest BCUT2D eigenvalue weighted by Crippen LogP contribution is -2.45. The number of nitrogens with one attached hydrogen (secondary N) is 2. The molecule has 2 heterocycles. The number of anilines is 1. The fourth-order valence-electron chi connectivity index (χ4n) is 3.05. The van der Waals surface area contributed by atoms with E-state index in [1.807, 2.05) is 19.9 Å². The van der Waals surface area contributed by atoms with Gasteiger partial charge in [-0.25, -0.2) is 4.98 Å². The van der Waals surface area contributed by atoms with Gasteiger partial charge in [0.15, 0.2) is 0 Å². The monoisotopic (exact) mass is 328 g/mol. The highest BCUT2D eigenvalue weighted by Crippen LogP contribution is 2.23. The van der Waals surface area contributed by atoms with Crippen LogP contribution in [0, 0.1) is 6.92 Å². The molecule has 3 rings (SSSR count). The summed E-state index contributed by atoms with van der Waals surface area (Å²) in [5.41, 5.74) is 1.12. The van der Waals surface area contributed by atoms with Crippen LogP contribution in [0.2, 0.25) is 0 Å². The number of piperidine rings is 1. The topological polar surface area (TPSA) is 93.1 Å². The number of fused-ring (bicyclic) bond motifs is 1. The van der Waals surface area contributed by atoms with Crippen LogP contribution in [0.15, 0.2) is 23.0 Å². The van der Waals surface area contributed by atoms with Gasteiger partial charge >= 0.3 is 0 Å². The number of hydrogen-bond acceptors (Lipinski definition) is 5. The summed E-state index contributed by atoms with van der Waals surface area (Å²) in [6, 6.07) is 4.88. The summed E-state index contributed by atoms with van der Waals surface area (Å²) >= 11 is 0. The Kier molecular flexibility index (Phi) is 4.09. The van der Waals surface area contributed by atoms with E-state index < -0.39 is 11.9 Å². The van der Waals surface area contributed by atoms with Crippen LogP contribution in [0.1, 0.15) is 38.6 Å². The summed E-state index contributed by atoms with van der Waals surface area (Å²) in [5.74, 6) is -0.298. The van der Waals surface area contributed by atoms with E-state index in [1.54, 1.807) is 19.1 Å². The summed E-state index contributed by atoms with van der Waals surface area (Å²) in [6.07, 6.45) is 0.526. The molecule has 0 aliphatic carbocycles. The number of rotatable bonds is 3. The molecule has 7 nitrogen and oxygen atoms in total. The molecule has 0 radical (unpaired) electrons. The molecule has 0 saturated carbocycles. The Morgan fingerprint density at radius 1 is 1.29 bits per heavy atom. The number of carbonyl (C=O) groups is 2. The first-order valence-corrected chi connectivity index (χ1v) is 8.00. The van der Waals surface area contributed by atoms with Gasteiger partial charge in [0.1, 0.15) is 17.4 Å². The Morgan fingerprint density at radius 2 is 2.04 bits per heavy atom. The van der Waals surface area contributed by atoms with Crippen molar-refractivity contribution in [3.8, 4) is 0 Å². The maximum absolute atomic E-state index is 12.9. The second-order valence-electron chi connectivity index (χ2n) is 6.30. The first kappa shape index (κ1) is 16.2. The number of carbonyl (C=O) groups excluding carboxylic acids is 2. The van der Waals surface area contributed by atoms with Gasteiger partial charge in [0.25, 0.3) is 5.56 Å². The summed E-state index contributed by atoms with van der Waals surface area (Å²) in [5, 5.41) is 6.03. The molecule has 1 fully saturated rings. The minimum Gasteiger partial charge on any atom is -0.381 e. The molecule has 1 saturated heterocycles. The summed E-state index contributed by atoms with van der Waals surface area (Å²) in [7, 11) is 0. The largest absolute Gasteiger partial charge is 0.381 e. The van der Waals surface area contributed by atoms with Crippen molar-refractivity contribution in [3.05, 3.63) is 34.4 Å². The zero-order valence-electron chi connectivity index (χ0n) is 13.9. The Bertz CT molecular complexity index is 885. The van der Waals surface area contributed by atoms with Crippen molar-refractivity contribution >= 4 is 28.4 Å². The van der Waals surface area contributed by atoms with Crippen molar-refractivity contribution in [1.29, 1.82) is 0 Å². The molecule has 1 aliphatic heterocycles. The minimum atomic E-state index is -0.700. The fourth-order valence-corrected chi connectivity index (χ4v) is 3.05. The maximum atomic E-state index is 12.9. The highest BCUT2D eigenvalue weighted by atomic mass is 16.2. The molecule has 2 N–H and O–H groups in total. The molecular weight excluding hydrogens is 308 g/mol. The molecule has 2 aromatic rings. The van der Waals surface area contributed by atoms with Crippen molar-refractivity contribution < 1.29 is 9.59 Å². The number of amides is 2. The second-order valence-corrected chi connectivity index (χ2v) is 6.30. The molecule has 126 valence electrons. The molecule has 1 aliphatic rings. The molecule has 1 aromatic heterocycles. The average molecular weight is 328 g/mol. The van der Waals surface area contributed by atoms with E-state index in [9.17, 15) is 14.4 Å². The highest BCUT2D eigenvalue weighted by molar-refractivity contribution is 5.99. The predicted octanol–water partition coefficient (Wildman–Crippen LogP) is 1.50. The van der Waals surface area contributed by atoms with Crippen LogP contribution in [-0.4, -0.2) is 27.4 Å². The molecule has 24 heavy (non-hydrogen) atoms. The van der Waals surface area contributed by atoms with Crippen LogP contribution < -0.4 is 16.2 Å². The van der Waals surface area contributed by atoms with Gasteiger partial charge < -0.3 is 5.32 Å². The lowest BCUT2D eigenvalue weighted by molar-refractivity contribution is -0.135. The van der Waals surface area contributed by atoms with Crippen LogP contribution in [0.3, 0.4) is 0 Å². The normalized spacial score (nSPS) is 18.1. The number of aryl methyl sites for hydroxylation is 1. The highest BCUT2D eigenvalue weighted by Gasteiger charge is 2.30. The zero-order chi connectivity index (χ0) is 17.4. The van der Waals surface area contributed by atoms with Gasteiger partial charge in [-0.2, -0.15) is 0 Å². The standard InChI is InChI=1S/C17H20N4O3/c1-9(2)18-12-6-4-5-11-15(12)19-10(3)21(17(11)24)13-7-8-14(22)20-16(13)23/h4-6,9,13,18H,7-8H2,1-3H3,(H,20,22,23). The third kappa shape index (κ3) is 2.77. The molecule has 1 aromatic carbocycles. The average Bonchev–Trinajstić information content (AvgIpc) is 2.49. The van der Waals surface area contributed by atoms with Gasteiger partial charge in [-0.1, -0.05) is 6.07 Å². The van der Waals surface area contributed by atoms with Crippen LogP contribution in [0.4, 0.5) is 5.69 Å². The van der Waals surface area contributed by atoms with Gasteiger partial charge in [-0.05, 0) is 39.3 Å². The first-order chi connectivity index (χ1) is 11.4. The van der Waals surface area contributed by atoms with E-state index in [4.69, 9.17) is 0 Å². The van der Waals surface area contributed by atoms with Crippen molar-refractivity contribution in [1.82, 2.24) is 14.9 Å². The number of para-hydroxylation sites is 1. The van der Waals surface area contributed by atoms with Crippen LogP contribution in [-0.2, 0) is 9.59 Å². The lowest BCUT2D eigenvalue weighted by Gasteiger charge is -2.24. The van der Waals surface area contributed by atoms with Crippen molar-refractivity contribution in [2.75, 3.05) is 5.32 Å². The van der Waals surface area contributed by atoms with Gasteiger partial charge in [-0.15, -0.1) is 0 Å². The van der Waals surface area contributed by atoms with Crippen LogP contribution in [0.25, 0.3) is 10.9 Å². The van der Waals surface area contributed by atoms with Gasteiger partial charge in [0, 0.05) is 12.5 Å². The van der Waals surface area contributed by atoms with E-state index in [2.05, 4.69) is 15.6 Å². The van der Waals surface area contributed by atoms with E-state index >= 15 is 0 Å². The minimum absolute atomic E-state index is 0.204. The molecule has 7 heteroatoms. The van der Waals surface area contributed by atoms with E-state index in [0.717, 1.165) is 5.69 Å². The van der Waals surface area contributed by atoms with Crippen LogP contribution in [0.5, 0.6) is 0 Å². The Balaban J connectivity index is 2.16. The molecule has 2 amide bonds. The first-order valence-electron chi connectivity index (χ1n) is 8.00. The summed E-state index contributed by atoms with van der Waals surface area (Å²) in [4.78, 5) is 41.0. The maximum Gasteiger partial charge on any atom is 0.262 e. The second kappa shape index (κ2) is 6.07. The van der Waals surface area contributed by atoms with E-state index in [1.165, 1.54) is 4.57 Å². The van der Waals surface area contributed by atoms with Crippen molar-refractivity contribution in [2.24, 2.45) is 0 Å². The Morgan fingerprint density at radius 3 is 2.71 bits per heavy atom. The van der Waals surface area contributed by atoms with Crippen LogP contribution >= 0.6 is 0 Å². The zero-order valence-corrected chi connectivity index (χ0v) is 13.9. The van der Waals surface area contributed by atoms with E-state index in [0.29, 0.717) is 23.1 Å². The predicted molar refractivity (Wildman–Crippen MR) is 90.9 cm³/mol. The van der Waals surface area contributed by atoms with Gasteiger partial charge in [-0.3, -0.25) is 24.3 Å². The van der Waals surface area contributed by atoms with Crippen molar-refractivity contribution in [2.45, 2.75) is 45.7 Å². The molecule has 0 spiro atoms. The smallest absolute Gasteiger partial charge is 0.262 e. The van der Waals surface area contributed by atoms with E-state index in [-0.39, 0.29) is 23.9 Å². The lowest BCUT2D eigenvalue weighted by atomic mass is 10.1. The van der Waals surface area contributed by atoms with Crippen molar-refractivity contribution in [3.63, 3.8) is 0 Å². The number of imide groups is 1. The quantitative estimate of drug-likeness (QED) is 0.833. The number of aromatic nitrogens is 2. The van der Waals surface area contributed by atoms with Gasteiger partial charge in [0.05, 0.1) is 11.1 Å². The SMILES string of the molecule is Cc1nc2c(NC(C)C)cccc2c(=O)n1C1CCC(=O)NC1=O. The third-order valence-corrected chi connectivity index (χ3v) is 4.07.